The van der Waals surface area contributed by atoms with Crippen molar-refractivity contribution >= 4 is 27.6 Å². The Kier molecular flexibility index (Phi) is 6.08. The lowest BCUT2D eigenvalue weighted by Gasteiger charge is -2.13. The molecule has 2 rings (SSSR count). The smallest absolute Gasteiger partial charge is 0.340 e. The van der Waals surface area contributed by atoms with Crippen LogP contribution in [-0.2, 0) is 19.3 Å². The van der Waals surface area contributed by atoms with Gasteiger partial charge in [0, 0.05) is 11.9 Å². The molecule has 1 atom stereocenters. The van der Waals surface area contributed by atoms with E-state index < -0.39 is 33.7 Å². The number of esters is 2. The van der Waals surface area contributed by atoms with Crippen LogP contribution in [0, 0.1) is 13.8 Å². The molecule has 9 heteroatoms. The number of aromatic amines is 1. The van der Waals surface area contributed by atoms with Crippen molar-refractivity contribution in [2.45, 2.75) is 31.8 Å². The minimum atomic E-state index is -3.65. The van der Waals surface area contributed by atoms with Gasteiger partial charge in [-0.15, -0.1) is 0 Å². The van der Waals surface area contributed by atoms with Gasteiger partial charge in [0.1, 0.15) is 0 Å². The predicted molar refractivity (Wildman–Crippen MR) is 100 cm³/mol. The zero-order valence-electron chi connectivity index (χ0n) is 16.2. The summed E-state index contributed by atoms with van der Waals surface area (Å²) in [5, 5.41) is 0. The molecular formula is C19H21NO7S. The number of Topliss-reactive ketones (excluding diaryl/α,β-unsaturated/α-hetero) is 1. The molecule has 0 aliphatic heterocycles. The molecule has 0 aliphatic rings. The summed E-state index contributed by atoms with van der Waals surface area (Å²) in [6.07, 6.45) is -0.227. The SMILES string of the molecule is COC(=O)c1c(C)[nH]c(C(=O)[C@H](C)OC(=O)c2ccccc2S(C)(=O)=O)c1C. The van der Waals surface area contributed by atoms with Gasteiger partial charge in [-0.3, -0.25) is 4.79 Å². The van der Waals surface area contributed by atoms with Gasteiger partial charge in [-0.1, -0.05) is 12.1 Å². The summed E-state index contributed by atoms with van der Waals surface area (Å²) in [6, 6.07) is 5.59. The van der Waals surface area contributed by atoms with Crippen molar-refractivity contribution in [1.29, 1.82) is 0 Å². The number of rotatable bonds is 6. The average Bonchev–Trinajstić information content (AvgIpc) is 2.93. The van der Waals surface area contributed by atoms with Crippen molar-refractivity contribution in [1.82, 2.24) is 4.98 Å². The quantitative estimate of drug-likeness (QED) is 0.576. The first-order chi connectivity index (χ1) is 13.0. The van der Waals surface area contributed by atoms with E-state index >= 15 is 0 Å². The Morgan fingerprint density at radius 1 is 1.07 bits per heavy atom. The van der Waals surface area contributed by atoms with Gasteiger partial charge in [0.25, 0.3) is 0 Å². The summed E-state index contributed by atoms with van der Waals surface area (Å²) in [4.78, 5) is 39.7. The number of aryl methyl sites for hydroxylation is 1. The fourth-order valence-electron chi connectivity index (χ4n) is 2.84. The van der Waals surface area contributed by atoms with E-state index in [1.54, 1.807) is 13.8 Å². The van der Waals surface area contributed by atoms with Gasteiger partial charge in [-0.25, -0.2) is 18.0 Å². The van der Waals surface area contributed by atoms with Crippen LogP contribution in [0.15, 0.2) is 29.2 Å². The molecule has 2 aromatic rings. The molecular weight excluding hydrogens is 386 g/mol. The Balaban J connectivity index is 2.30. The number of hydrogen-bond acceptors (Lipinski definition) is 7. The molecule has 1 N–H and O–H groups in total. The Hall–Kier alpha value is -2.94. The third kappa shape index (κ3) is 4.14. The number of nitrogens with one attached hydrogen (secondary N) is 1. The van der Waals surface area contributed by atoms with Crippen molar-refractivity contribution in [2.75, 3.05) is 13.4 Å². The molecule has 0 unspecified atom stereocenters. The monoisotopic (exact) mass is 407 g/mol. The summed E-state index contributed by atoms with van der Waals surface area (Å²) >= 11 is 0. The Morgan fingerprint density at radius 3 is 2.25 bits per heavy atom. The lowest BCUT2D eigenvalue weighted by atomic mass is 10.1. The maximum absolute atomic E-state index is 12.7. The Bertz CT molecular complexity index is 1050. The maximum atomic E-state index is 12.7. The first-order valence-electron chi connectivity index (χ1n) is 8.30. The lowest BCUT2D eigenvalue weighted by Crippen LogP contribution is -2.26. The summed E-state index contributed by atoms with van der Waals surface area (Å²) in [6.45, 7) is 4.57. The summed E-state index contributed by atoms with van der Waals surface area (Å²) in [5.74, 6) is -2.08. The minimum Gasteiger partial charge on any atom is -0.465 e. The largest absolute Gasteiger partial charge is 0.465 e. The third-order valence-electron chi connectivity index (χ3n) is 4.23. The number of methoxy groups -OCH3 is 1. The highest BCUT2D eigenvalue weighted by Gasteiger charge is 2.28. The van der Waals surface area contributed by atoms with Crippen molar-refractivity contribution < 1.29 is 32.3 Å². The number of benzene rings is 1. The van der Waals surface area contributed by atoms with Crippen molar-refractivity contribution in [2.24, 2.45) is 0 Å². The fourth-order valence-corrected chi connectivity index (χ4v) is 3.72. The van der Waals surface area contributed by atoms with Crippen LogP contribution in [0.2, 0.25) is 0 Å². The van der Waals surface area contributed by atoms with Gasteiger partial charge >= 0.3 is 11.9 Å². The number of hydrogen-bond donors (Lipinski definition) is 1. The molecule has 1 aromatic heterocycles. The van der Waals surface area contributed by atoms with Crippen LogP contribution in [0.5, 0.6) is 0 Å². The van der Waals surface area contributed by atoms with Crippen LogP contribution in [0.4, 0.5) is 0 Å². The minimum absolute atomic E-state index is 0.120. The summed E-state index contributed by atoms with van der Waals surface area (Å²) in [7, 11) is -2.42. The number of ether oxygens (including phenoxy) is 2. The molecule has 0 saturated heterocycles. The molecule has 150 valence electrons. The van der Waals surface area contributed by atoms with Crippen LogP contribution in [0.3, 0.4) is 0 Å². The Morgan fingerprint density at radius 2 is 1.68 bits per heavy atom. The molecule has 0 radical (unpaired) electrons. The first kappa shape index (κ1) is 21.4. The molecule has 0 saturated carbocycles. The van der Waals surface area contributed by atoms with Gasteiger partial charge in [0.15, 0.2) is 15.9 Å². The highest BCUT2D eigenvalue weighted by atomic mass is 32.2. The zero-order chi connectivity index (χ0) is 21.2. The molecule has 1 heterocycles. The molecule has 1 aromatic carbocycles. The number of ketones is 1. The molecule has 8 nitrogen and oxygen atoms in total. The van der Waals surface area contributed by atoms with Crippen LogP contribution in [-0.4, -0.2) is 50.6 Å². The molecule has 0 bridgehead atoms. The number of aromatic nitrogens is 1. The second-order valence-corrected chi connectivity index (χ2v) is 8.28. The standard InChI is InChI=1S/C19H21NO7S/c1-10-15(19(23)26-4)11(2)20-16(10)17(21)12(3)27-18(22)13-8-6-7-9-14(13)28(5,24)25/h6-9,12,20H,1-5H3/t12-/m0/s1. The Labute approximate surface area is 162 Å². The highest BCUT2D eigenvalue weighted by molar-refractivity contribution is 7.90. The van der Waals surface area contributed by atoms with Crippen molar-refractivity contribution in [3.8, 4) is 0 Å². The van der Waals surface area contributed by atoms with E-state index in [1.807, 2.05) is 0 Å². The van der Waals surface area contributed by atoms with E-state index in [0.717, 1.165) is 6.26 Å². The van der Waals surface area contributed by atoms with Crippen LogP contribution < -0.4 is 0 Å². The number of carbonyl (C=O) groups is 3. The maximum Gasteiger partial charge on any atom is 0.340 e. The predicted octanol–water partition coefficient (Wildman–Crippen LogP) is 2.25. The highest BCUT2D eigenvalue weighted by Crippen LogP contribution is 2.22. The van der Waals surface area contributed by atoms with Crippen LogP contribution in [0.25, 0.3) is 0 Å². The lowest BCUT2D eigenvalue weighted by molar-refractivity contribution is 0.0313. The zero-order valence-corrected chi connectivity index (χ0v) is 17.0. The second-order valence-electron chi connectivity index (χ2n) is 6.30. The van der Waals surface area contributed by atoms with Crippen molar-refractivity contribution in [3.63, 3.8) is 0 Å². The molecule has 0 aliphatic carbocycles. The van der Waals surface area contributed by atoms with E-state index in [-0.39, 0.29) is 21.7 Å². The number of sulfone groups is 1. The number of carbonyl (C=O) groups excluding carboxylic acids is 3. The summed E-state index contributed by atoms with van der Waals surface area (Å²) < 4.78 is 33.6. The van der Waals surface area contributed by atoms with E-state index in [2.05, 4.69) is 4.98 Å². The topological polar surface area (TPSA) is 120 Å². The second kappa shape index (κ2) is 7.97. The van der Waals surface area contributed by atoms with Gasteiger partial charge in [-0.2, -0.15) is 0 Å². The van der Waals surface area contributed by atoms with Gasteiger partial charge in [0.05, 0.1) is 28.8 Å². The summed E-state index contributed by atoms with van der Waals surface area (Å²) in [5.41, 5.74) is 1.04. The van der Waals surface area contributed by atoms with E-state index in [4.69, 9.17) is 9.47 Å². The molecule has 0 amide bonds. The normalized spacial score (nSPS) is 12.3. The van der Waals surface area contributed by atoms with E-state index in [1.165, 1.54) is 38.3 Å². The molecule has 0 fully saturated rings. The molecule has 0 spiro atoms. The van der Waals surface area contributed by atoms with E-state index in [0.29, 0.717) is 11.3 Å². The number of H-pyrrole nitrogens is 1. The first-order valence-corrected chi connectivity index (χ1v) is 10.2. The van der Waals surface area contributed by atoms with Gasteiger partial charge in [-0.05, 0) is 38.5 Å². The van der Waals surface area contributed by atoms with Crippen LogP contribution >= 0.6 is 0 Å². The van der Waals surface area contributed by atoms with Crippen molar-refractivity contribution in [3.05, 3.63) is 52.3 Å². The molecule has 28 heavy (non-hydrogen) atoms. The fraction of sp³-hybridized carbons (Fsp3) is 0.316. The third-order valence-corrected chi connectivity index (χ3v) is 5.39. The van der Waals surface area contributed by atoms with E-state index in [9.17, 15) is 22.8 Å². The van der Waals surface area contributed by atoms with Gasteiger partial charge < -0.3 is 14.5 Å². The van der Waals surface area contributed by atoms with Gasteiger partial charge in [0.2, 0.25) is 5.78 Å². The van der Waals surface area contributed by atoms with Crippen LogP contribution in [0.1, 0.15) is 49.4 Å². The average molecular weight is 407 g/mol.